The molecular weight excluding hydrogens is 214 g/mol. The zero-order chi connectivity index (χ0) is 8.81. The Morgan fingerprint density at radius 3 is 2.50 bits per heavy atom. The van der Waals surface area contributed by atoms with Crippen LogP contribution < -0.4 is 5.32 Å². The van der Waals surface area contributed by atoms with Crippen molar-refractivity contribution in [2.24, 2.45) is 0 Å². The molecule has 1 aromatic carbocycles. The van der Waals surface area contributed by atoms with Crippen molar-refractivity contribution >= 4 is 15.9 Å². The monoisotopic (exact) mass is 226 g/mol. The smallest absolute Gasteiger partial charge is 0.0175 e. The van der Waals surface area contributed by atoms with Crippen LogP contribution in [0.3, 0.4) is 0 Å². The van der Waals surface area contributed by atoms with E-state index in [1.54, 1.807) is 0 Å². The van der Waals surface area contributed by atoms with E-state index in [1.165, 1.54) is 5.56 Å². The van der Waals surface area contributed by atoms with Gasteiger partial charge >= 0.3 is 0 Å². The molecule has 0 fully saturated rings. The minimum atomic E-state index is 0.802. The van der Waals surface area contributed by atoms with E-state index in [1.807, 2.05) is 0 Å². The molecule has 0 aliphatic rings. The lowest BCUT2D eigenvalue weighted by molar-refractivity contribution is 0.743. The average Bonchev–Trinajstić information content (AvgIpc) is 2.09. The number of rotatable bonds is 4. The highest BCUT2D eigenvalue weighted by atomic mass is 79.9. The zero-order valence-corrected chi connectivity index (χ0v) is 8.60. The van der Waals surface area contributed by atoms with E-state index in [-0.39, 0.29) is 0 Å². The quantitative estimate of drug-likeness (QED) is 0.779. The van der Waals surface area contributed by atoms with E-state index in [9.17, 15) is 0 Å². The van der Waals surface area contributed by atoms with Gasteiger partial charge in [-0.3, -0.25) is 0 Å². The molecule has 0 bridgehead atoms. The van der Waals surface area contributed by atoms with Gasteiger partial charge in [0.05, 0.1) is 0 Å². The summed E-state index contributed by atoms with van der Waals surface area (Å²) >= 11 is 3.40. The van der Waals surface area contributed by atoms with Gasteiger partial charge in [-0.25, -0.2) is 0 Å². The minimum Gasteiger partial charge on any atom is -0.316 e. The summed E-state index contributed by atoms with van der Waals surface area (Å²) in [7, 11) is 0. The zero-order valence-electron chi connectivity index (χ0n) is 7.02. The van der Waals surface area contributed by atoms with Crippen LogP contribution >= 0.6 is 15.9 Å². The summed E-state index contributed by atoms with van der Waals surface area (Å²) in [6.45, 7) is 5.52. The first-order valence-corrected chi connectivity index (χ1v) is 4.86. The number of halogens is 1. The van der Waals surface area contributed by atoms with Crippen LogP contribution in [0.15, 0.2) is 28.7 Å². The molecule has 0 unspecified atom stereocenters. The van der Waals surface area contributed by atoms with Gasteiger partial charge in [0.1, 0.15) is 0 Å². The first-order chi connectivity index (χ1) is 5.83. The standard InChI is InChI=1S/C10H13BrN/c1-2-12-8-7-9-3-5-10(11)6-4-9/h3-6,12H,1-2,7-8H2. The minimum absolute atomic E-state index is 0.802. The van der Waals surface area contributed by atoms with Crippen LogP contribution in [0.2, 0.25) is 0 Å². The number of hydrogen-bond donors (Lipinski definition) is 1. The summed E-state index contributed by atoms with van der Waals surface area (Å²) < 4.78 is 1.14. The van der Waals surface area contributed by atoms with E-state index in [4.69, 9.17) is 0 Å². The highest BCUT2D eigenvalue weighted by Crippen LogP contribution is 2.10. The molecule has 0 aliphatic heterocycles. The molecule has 65 valence electrons. The molecule has 0 atom stereocenters. The molecule has 0 saturated heterocycles. The van der Waals surface area contributed by atoms with Crippen LogP contribution in [0, 0.1) is 6.92 Å². The third-order valence-electron chi connectivity index (χ3n) is 1.68. The van der Waals surface area contributed by atoms with Crippen molar-refractivity contribution in [2.45, 2.75) is 6.42 Å². The van der Waals surface area contributed by atoms with E-state index >= 15 is 0 Å². The fourth-order valence-electron chi connectivity index (χ4n) is 1.01. The second kappa shape index (κ2) is 5.33. The third kappa shape index (κ3) is 3.37. The molecule has 1 radical (unpaired) electrons. The van der Waals surface area contributed by atoms with E-state index < -0.39 is 0 Å². The number of hydrogen-bond acceptors (Lipinski definition) is 1. The van der Waals surface area contributed by atoms with E-state index in [0.717, 1.165) is 24.0 Å². The Bertz CT molecular complexity index is 218. The van der Waals surface area contributed by atoms with Gasteiger partial charge in [-0.2, -0.15) is 0 Å². The van der Waals surface area contributed by atoms with Crippen LogP contribution in [0.5, 0.6) is 0 Å². The summed E-state index contributed by atoms with van der Waals surface area (Å²) in [5.74, 6) is 0. The van der Waals surface area contributed by atoms with Crippen molar-refractivity contribution < 1.29 is 0 Å². The number of nitrogens with one attached hydrogen (secondary N) is 1. The van der Waals surface area contributed by atoms with Crippen LogP contribution in [0.1, 0.15) is 5.56 Å². The van der Waals surface area contributed by atoms with Gasteiger partial charge in [-0.05, 0) is 44.1 Å². The first kappa shape index (κ1) is 9.75. The average molecular weight is 227 g/mol. The van der Waals surface area contributed by atoms with Gasteiger partial charge < -0.3 is 5.32 Å². The molecule has 1 N–H and O–H groups in total. The molecular formula is C10H13BrN. The van der Waals surface area contributed by atoms with Gasteiger partial charge in [0, 0.05) is 4.47 Å². The Labute approximate surface area is 82.3 Å². The van der Waals surface area contributed by atoms with Crippen LogP contribution in [-0.4, -0.2) is 13.1 Å². The summed E-state index contributed by atoms with van der Waals surface area (Å²) in [5.41, 5.74) is 1.36. The molecule has 1 nitrogen and oxygen atoms in total. The highest BCUT2D eigenvalue weighted by Gasteiger charge is 1.91. The van der Waals surface area contributed by atoms with Crippen molar-refractivity contribution in [3.05, 3.63) is 41.2 Å². The first-order valence-electron chi connectivity index (χ1n) is 4.07. The normalized spacial score (nSPS) is 10.2. The van der Waals surface area contributed by atoms with E-state index in [2.05, 4.69) is 52.4 Å². The molecule has 0 saturated carbocycles. The Morgan fingerprint density at radius 1 is 1.25 bits per heavy atom. The highest BCUT2D eigenvalue weighted by molar-refractivity contribution is 9.10. The maximum absolute atomic E-state index is 3.71. The Hall–Kier alpha value is -0.340. The van der Waals surface area contributed by atoms with Crippen LogP contribution in [-0.2, 0) is 6.42 Å². The summed E-state index contributed by atoms with van der Waals surface area (Å²) in [5, 5.41) is 3.19. The van der Waals surface area contributed by atoms with Gasteiger partial charge in [-0.15, -0.1) is 0 Å². The number of benzene rings is 1. The molecule has 0 amide bonds. The SMILES string of the molecule is [CH2]CNCCc1ccc(Br)cc1. The fraction of sp³-hybridized carbons (Fsp3) is 0.300. The second-order valence-corrected chi connectivity index (χ2v) is 3.54. The topological polar surface area (TPSA) is 12.0 Å². The molecule has 12 heavy (non-hydrogen) atoms. The van der Waals surface area contributed by atoms with Crippen molar-refractivity contribution in [3.63, 3.8) is 0 Å². The summed E-state index contributed by atoms with van der Waals surface area (Å²) in [4.78, 5) is 0. The Balaban J connectivity index is 2.37. The largest absolute Gasteiger partial charge is 0.316 e. The maximum Gasteiger partial charge on any atom is 0.0175 e. The lowest BCUT2D eigenvalue weighted by Gasteiger charge is -2.01. The van der Waals surface area contributed by atoms with Gasteiger partial charge in [0.25, 0.3) is 0 Å². The van der Waals surface area contributed by atoms with Crippen LogP contribution in [0.25, 0.3) is 0 Å². The molecule has 1 rings (SSSR count). The van der Waals surface area contributed by atoms with Gasteiger partial charge in [0.2, 0.25) is 0 Å². The molecule has 0 spiro atoms. The summed E-state index contributed by atoms with van der Waals surface area (Å²) in [6.07, 6.45) is 1.07. The third-order valence-corrected chi connectivity index (χ3v) is 2.21. The molecule has 0 aromatic heterocycles. The molecule has 1 aromatic rings. The second-order valence-electron chi connectivity index (χ2n) is 2.63. The van der Waals surface area contributed by atoms with Crippen LogP contribution in [0.4, 0.5) is 0 Å². The lowest BCUT2D eigenvalue weighted by Crippen LogP contribution is -2.16. The predicted octanol–water partition coefficient (Wildman–Crippen LogP) is 2.42. The fourth-order valence-corrected chi connectivity index (χ4v) is 1.27. The van der Waals surface area contributed by atoms with Crippen molar-refractivity contribution in [2.75, 3.05) is 13.1 Å². The maximum atomic E-state index is 3.71. The predicted molar refractivity (Wildman–Crippen MR) is 56.1 cm³/mol. The van der Waals surface area contributed by atoms with Gasteiger partial charge in [0.15, 0.2) is 0 Å². The van der Waals surface area contributed by atoms with Crippen molar-refractivity contribution in [3.8, 4) is 0 Å². The Morgan fingerprint density at radius 2 is 1.92 bits per heavy atom. The molecule has 2 heteroatoms. The Kier molecular flexibility index (Phi) is 4.33. The lowest BCUT2D eigenvalue weighted by atomic mass is 10.1. The molecule has 0 aliphatic carbocycles. The van der Waals surface area contributed by atoms with Crippen molar-refractivity contribution in [1.82, 2.24) is 5.32 Å². The van der Waals surface area contributed by atoms with Crippen molar-refractivity contribution in [1.29, 1.82) is 0 Å². The molecule has 0 heterocycles. The van der Waals surface area contributed by atoms with Gasteiger partial charge in [-0.1, -0.05) is 28.1 Å². The summed E-state index contributed by atoms with van der Waals surface area (Å²) in [6, 6.07) is 8.41. The van der Waals surface area contributed by atoms with E-state index in [0.29, 0.717) is 0 Å².